The van der Waals surface area contributed by atoms with Crippen molar-refractivity contribution in [3.63, 3.8) is 0 Å². The zero-order valence-corrected chi connectivity index (χ0v) is 16.9. The second kappa shape index (κ2) is 8.61. The van der Waals surface area contributed by atoms with Crippen LogP contribution < -0.4 is 15.4 Å². The van der Waals surface area contributed by atoms with Crippen molar-refractivity contribution in [1.29, 1.82) is 0 Å². The Morgan fingerprint density at radius 1 is 1.29 bits per heavy atom. The number of nitrogens with zero attached hydrogens (tertiary/aromatic N) is 1. The summed E-state index contributed by atoms with van der Waals surface area (Å²) in [7, 11) is 3.30. The summed E-state index contributed by atoms with van der Waals surface area (Å²) >= 11 is 0. The van der Waals surface area contributed by atoms with Crippen molar-refractivity contribution in [3.8, 4) is 5.75 Å². The molecule has 0 aliphatic carbocycles. The summed E-state index contributed by atoms with van der Waals surface area (Å²) in [4.78, 5) is 4.35. The number of hydrogen-bond acceptors (Lipinski definition) is 3. The molecule has 1 aliphatic rings. The minimum atomic E-state index is -0.267. The van der Waals surface area contributed by atoms with Gasteiger partial charge in [0, 0.05) is 38.2 Å². The summed E-state index contributed by atoms with van der Waals surface area (Å²) in [5.41, 5.74) is 2.36. The Labute approximate surface area is 166 Å². The van der Waals surface area contributed by atoms with Crippen LogP contribution in [-0.4, -0.2) is 25.7 Å². The second-order valence-electron chi connectivity index (χ2n) is 7.59. The van der Waals surface area contributed by atoms with Crippen molar-refractivity contribution >= 4 is 5.96 Å². The van der Waals surface area contributed by atoms with E-state index in [0.717, 1.165) is 23.3 Å². The highest BCUT2D eigenvalue weighted by atomic mass is 19.1. The van der Waals surface area contributed by atoms with Gasteiger partial charge in [-0.25, -0.2) is 4.39 Å². The number of fused-ring (bicyclic) bond motifs is 1. The molecule has 1 unspecified atom stereocenters. The Morgan fingerprint density at radius 3 is 2.82 bits per heavy atom. The molecular weight excluding hydrogens is 357 g/mol. The molecule has 0 saturated carbocycles. The number of para-hydroxylation sites is 1. The van der Waals surface area contributed by atoms with Crippen LogP contribution in [0.4, 0.5) is 4.39 Å². The Morgan fingerprint density at radius 2 is 2.07 bits per heavy atom. The molecule has 2 aromatic rings. The lowest BCUT2D eigenvalue weighted by Crippen LogP contribution is -2.45. The molecule has 1 atom stereocenters. The topological polar surface area (TPSA) is 54.9 Å². The first-order valence-electron chi connectivity index (χ1n) is 9.43. The third-order valence-electron chi connectivity index (χ3n) is 4.78. The highest BCUT2D eigenvalue weighted by Gasteiger charge is 2.33. The number of aliphatic imine (C=N–C) groups is 1. The maximum absolute atomic E-state index is 13.8. The van der Waals surface area contributed by atoms with Gasteiger partial charge >= 0.3 is 0 Å². The minimum absolute atomic E-state index is 0.0865. The fourth-order valence-electron chi connectivity index (χ4n) is 3.48. The average molecular weight is 385 g/mol. The van der Waals surface area contributed by atoms with Crippen molar-refractivity contribution < 1.29 is 13.9 Å². The number of benzene rings is 2. The largest absolute Gasteiger partial charge is 0.487 e. The SMILES string of the molecule is CN=C(NCc1ccc(F)c(COC)c1)NC1CC(C)(C)Oc2ccccc21. The van der Waals surface area contributed by atoms with Crippen LogP contribution in [0.1, 0.15) is 43.0 Å². The van der Waals surface area contributed by atoms with E-state index in [4.69, 9.17) is 9.47 Å². The Kier molecular flexibility index (Phi) is 6.19. The van der Waals surface area contributed by atoms with Gasteiger partial charge < -0.3 is 20.1 Å². The van der Waals surface area contributed by atoms with Crippen molar-refractivity contribution in [2.45, 2.75) is 45.1 Å². The van der Waals surface area contributed by atoms with E-state index in [1.807, 2.05) is 24.3 Å². The lowest BCUT2D eigenvalue weighted by atomic mass is 9.90. The number of methoxy groups -OCH3 is 1. The molecule has 0 fully saturated rings. The van der Waals surface area contributed by atoms with Gasteiger partial charge in [-0.15, -0.1) is 0 Å². The lowest BCUT2D eigenvalue weighted by Gasteiger charge is -2.38. The van der Waals surface area contributed by atoms with Gasteiger partial charge in [0.25, 0.3) is 0 Å². The van der Waals surface area contributed by atoms with E-state index in [9.17, 15) is 4.39 Å². The molecule has 1 aliphatic heterocycles. The van der Waals surface area contributed by atoms with Gasteiger partial charge in [-0.2, -0.15) is 0 Å². The number of nitrogens with one attached hydrogen (secondary N) is 2. The van der Waals surface area contributed by atoms with Gasteiger partial charge in [-0.1, -0.05) is 24.3 Å². The molecule has 6 heteroatoms. The normalized spacial score (nSPS) is 18.2. The van der Waals surface area contributed by atoms with Crippen LogP contribution in [0.15, 0.2) is 47.5 Å². The van der Waals surface area contributed by atoms with E-state index in [1.165, 1.54) is 6.07 Å². The molecular formula is C22H28FN3O2. The van der Waals surface area contributed by atoms with Gasteiger partial charge in [0.15, 0.2) is 5.96 Å². The summed E-state index contributed by atoms with van der Waals surface area (Å²) in [6.45, 7) is 4.96. The summed E-state index contributed by atoms with van der Waals surface area (Å²) in [6, 6.07) is 13.2. The van der Waals surface area contributed by atoms with E-state index in [0.29, 0.717) is 18.1 Å². The predicted octanol–water partition coefficient (Wildman–Crippen LogP) is 3.94. The molecule has 0 amide bonds. The number of guanidine groups is 1. The predicted molar refractivity (Wildman–Crippen MR) is 109 cm³/mol. The molecule has 0 aromatic heterocycles. The monoisotopic (exact) mass is 385 g/mol. The van der Waals surface area contributed by atoms with Crippen LogP contribution >= 0.6 is 0 Å². The van der Waals surface area contributed by atoms with Crippen LogP contribution in [-0.2, 0) is 17.9 Å². The first-order valence-corrected chi connectivity index (χ1v) is 9.43. The number of ether oxygens (including phenoxy) is 2. The summed E-state index contributed by atoms with van der Waals surface area (Å²) in [5, 5.41) is 6.81. The van der Waals surface area contributed by atoms with Crippen LogP contribution in [0, 0.1) is 5.82 Å². The first kappa shape index (κ1) is 20.1. The molecule has 0 bridgehead atoms. The van der Waals surface area contributed by atoms with Crippen molar-refractivity contribution in [1.82, 2.24) is 10.6 Å². The highest BCUT2D eigenvalue weighted by molar-refractivity contribution is 5.80. The summed E-state index contributed by atoms with van der Waals surface area (Å²) in [5.74, 6) is 1.33. The Hall–Kier alpha value is -2.60. The Bertz CT molecular complexity index is 851. The standard InChI is InChI=1S/C22H28FN3O2/c1-22(2)12-19(17-7-5-6-8-20(17)28-22)26-21(24-3)25-13-15-9-10-18(23)16(11-15)14-27-4/h5-11,19H,12-14H2,1-4H3,(H2,24,25,26). The zero-order chi connectivity index (χ0) is 20.1. The first-order chi connectivity index (χ1) is 13.4. The van der Waals surface area contributed by atoms with E-state index in [2.05, 4.69) is 35.5 Å². The maximum atomic E-state index is 13.8. The molecule has 3 rings (SSSR count). The molecule has 2 aromatic carbocycles. The van der Waals surface area contributed by atoms with Crippen molar-refractivity contribution in [3.05, 3.63) is 65.0 Å². The maximum Gasteiger partial charge on any atom is 0.191 e. The van der Waals surface area contributed by atoms with Gasteiger partial charge in [0.05, 0.1) is 12.6 Å². The van der Waals surface area contributed by atoms with E-state index < -0.39 is 0 Å². The van der Waals surface area contributed by atoms with Crippen LogP contribution in [0.3, 0.4) is 0 Å². The third kappa shape index (κ3) is 4.81. The van der Waals surface area contributed by atoms with Crippen molar-refractivity contribution in [2.75, 3.05) is 14.2 Å². The fraction of sp³-hybridized carbons (Fsp3) is 0.409. The summed E-state index contributed by atoms with van der Waals surface area (Å²) in [6.07, 6.45) is 0.819. The zero-order valence-electron chi connectivity index (χ0n) is 16.9. The van der Waals surface area contributed by atoms with Crippen LogP contribution in [0.25, 0.3) is 0 Å². The van der Waals surface area contributed by atoms with E-state index in [1.54, 1.807) is 20.2 Å². The van der Waals surface area contributed by atoms with Gasteiger partial charge in [0.1, 0.15) is 17.2 Å². The molecule has 150 valence electrons. The quantitative estimate of drug-likeness (QED) is 0.605. The molecule has 1 heterocycles. The van der Waals surface area contributed by atoms with E-state index >= 15 is 0 Å². The third-order valence-corrected chi connectivity index (χ3v) is 4.78. The summed E-state index contributed by atoms with van der Waals surface area (Å²) < 4.78 is 24.9. The highest BCUT2D eigenvalue weighted by Crippen LogP contribution is 2.39. The van der Waals surface area contributed by atoms with E-state index in [-0.39, 0.29) is 24.1 Å². The molecule has 2 N–H and O–H groups in total. The van der Waals surface area contributed by atoms with Crippen molar-refractivity contribution in [2.24, 2.45) is 4.99 Å². The van der Waals surface area contributed by atoms with Crippen LogP contribution in [0.2, 0.25) is 0 Å². The minimum Gasteiger partial charge on any atom is -0.487 e. The smallest absolute Gasteiger partial charge is 0.191 e. The van der Waals surface area contributed by atoms with Gasteiger partial charge in [0.2, 0.25) is 0 Å². The molecule has 28 heavy (non-hydrogen) atoms. The number of rotatable bonds is 5. The lowest BCUT2D eigenvalue weighted by molar-refractivity contribution is 0.0694. The van der Waals surface area contributed by atoms with Crippen LogP contribution in [0.5, 0.6) is 5.75 Å². The molecule has 0 radical (unpaired) electrons. The molecule has 5 nitrogen and oxygen atoms in total. The van der Waals surface area contributed by atoms with Gasteiger partial charge in [-0.05, 0) is 37.6 Å². The molecule has 0 spiro atoms. The van der Waals surface area contributed by atoms with Gasteiger partial charge in [-0.3, -0.25) is 4.99 Å². The second-order valence-corrected chi connectivity index (χ2v) is 7.59. The number of halogens is 1. The fourth-order valence-corrected chi connectivity index (χ4v) is 3.48. The molecule has 0 saturated heterocycles. The number of hydrogen-bond donors (Lipinski definition) is 2. The average Bonchev–Trinajstić information content (AvgIpc) is 2.66. The Balaban J connectivity index is 1.69.